The van der Waals surface area contributed by atoms with Crippen LogP contribution >= 0.6 is 22.9 Å². The summed E-state index contributed by atoms with van der Waals surface area (Å²) in [6.45, 7) is 0.127. The van der Waals surface area contributed by atoms with Gasteiger partial charge in [-0.25, -0.2) is 0 Å². The summed E-state index contributed by atoms with van der Waals surface area (Å²) in [4.78, 5) is 16.4. The number of nitrogens with one attached hydrogen (secondary N) is 1. The van der Waals surface area contributed by atoms with Crippen LogP contribution in [0.3, 0.4) is 0 Å². The summed E-state index contributed by atoms with van der Waals surface area (Å²) in [5, 5.41) is 5.44. The number of hydrogen-bond donors (Lipinski definition) is 1. The molecule has 1 aromatic heterocycles. The van der Waals surface area contributed by atoms with Crippen molar-refractivity contribution in [3.8, 4) is 0 Å². The number of carbonyl (C=O) groups excluding carboxylic acids is 1. The highest BCUT2D eigenvalue weighted by Crippen LogP contribution is 2.19. The first kappa shape index (κ1) is 12.9. The Bertz CT molecular complexity index is 618. The summed E-state index contributed by atoms with van der Waals surface area (Å²) >= 11 is 7.39. The lowest BCUT2D eigenvalue weighted by atomic mass is 10.3. The van der Waals surface area contributed by atoms with E-state index in [1.807, 2.05) is 36.8 Å². The molecule has 0 unspecified atom stereocenters. The van der Waals surface area contributed by atoms with Crippen molar-refractivity contribution in [1.82, 2.24) is 4.57 Å². The predicted octanol–water partition coefficient (Wildman–Crippen LogP) is 2.28. The van der Waals surface area contributed by atoms with Gasteiger partial charge in [-0.1, -0.05) is 23.7 Å². The monoisotopic (exact) mass is 281 g/mol. The topological polar surface area (TPSA) is 46.4 Å². The third-order valence-corrected chi connectivity index (χ3v) is 3.46. The average Bonchev–Trinajstić information content (AvgIpc) is 2.74. The van der Waals surface area contributed by atoms with Crippen LogP contribution in [-0.4, -0.2) is 17.0 Å². The van der Waals surface area contributed by atoms with Crippen LogP contribution in [0.1, 0.15) is 0 Å². The number of carbonyl (C=O) groups is 1. The van der Waals surface area contributed by atoms with E-state index in [0.717, 1.165) is 5.69 Å². The summed E-state index contributed by atoms with van der Waals surface area (Å²) in [5.74, 6) is -0.229. The van der Waals surface area contributed by atoms with Crippen LogP contribution in [0, 0.1) is 0 Å². The van der Waals surface area contributed by atoms with Crippen molar-refractivity contribution >= 4 is 34.5 Å². The average molecular weight is 282 g/mol. The molecule has 1 N–H and O–H groups in total. The molecular weight excluding hydrogens is 270 g/mol. The van der Waals surface area contributed by atoms with Gasteiger partial charge < -0.3 is 9.88 Å². The number of anilines is 1. The van der Waals surface area contributed by atoms with Crippen LogP contribution in [-0.2, 0) is 11.8 Å². The second kappa shape index (κ2) is 5.84. The lowest BCUT2D eigenvalue weighted by Gasteiger charge is -2.04. The van der Waals surface area contributed by atoms with E-state index in [-0.39, 0.29) is 12.5 Å². The molecule has 0 bridgehead atoms. The molecule has 94 valence electrons. The minimum atomic E-state index is -0.229. The molecule has 0 spiro atoms. The van der Waals surface area contributed by atoms with Gasteiger partial charge in [0.05, 0.1) is 17.3 Å². The van der Waals surface area contributed by atoms with Crippen molar-refractivity contribution in [2.24, 2.45) is 12.0 Å². The van der Waals surface area contributed by atoms with Gasteiger partial charge in [-0.05, 0) is 12.1 Å². The van der Waals surface area contributed by atoms with E-state index in [9.17, 15) is 4.79 Å². The van der Waals surface area contributed by atoms with E-state index in [4.69, 9.17) is 11.6 Å². The van der Waals surface area contributed by atoms with E-state index >= 15 is 0 Å². The molecular formula is C12H12ClN3OS. The van der Waals surface area contributed by atoms with Crippen LogP contribution in [0.4, 0.5) is 5.69 Å². The van der Waals surface area contributed by atoms with E-state index in [0.29, 0.717) is 9.82 Å². The lowest BCUT2D eigenvalue weighted by Crippen LogP contribution is -2.18. The molecule has 1 heterocycles. The molecule has 0 saturated heterocycles. The number of hydrogen-bond acceptors (Lipinski definition) is 3. The number of para-hydroxylation sites is 1. The Morgan fingerprint density at radius 1 is 1.50 bits per heavy atom. The van der Waals surface area contributed by atoms with Gasteiger partial charge in [0.15, 0.2) is 4.80 Å². The Kier molecular flexibility index (Phi) is 4.17. The van der Waals surface area contributed by atoms with Crippen molar-refractivity contribution in [2.75, 3.05) is 11.9 Å². The van der Waals surface area contributed by atoms with Crippen molar-refractivity contribution < 1.29 is 4.79 Å². The number of thiazole rings is 1. The van der Waals surface area contributed by atoms with Gasteiger partial charge in [0.1, 0.15) is 0 Å². The van der Waals surface area contributed by atoms with E-state index in [1.165, 1.54) is 11.3 Å². The second-order valence-corrected chi connectivity index (χ2v) is 4.92. The summed E-state index contributed by atoms with van der Waals surface area (Å²) in [6, 6.07) is 7.28. The van der Waals surface area contributed by atoms with Crippen molar-refractivity contribution in [3.63, 3.8) is 0 Å². The molecule has 6 heteroatoms. The number of benzene rings is 1. The fourth-order valence-corrected chi connectivity index (χ4v) is 2.31. The Hall–Kier alpha value is -1.59. The molecule has 18 heavy (non-hydrogen) atoms. The van der Waals surface area contributed by atoms with Gasteiger partial charge in [0.25, 0.3) is 5.91 Å². The SMILES string of the molecule is Cn1ccsc1=NC(=O)CNc1ccccc1Cl. The third kappa shape index (κ3) is 3.21. The number of nitrogens with zero attached hydrogens (tertiary/aromatic N) is 2. The highest BCUT2D eigenvalue weighted by molar-refractivity contribution is 7.07. The largest absolute Gasteiger partial charge is 0.375 e. The molecule has 0 saturated carbocycles. The third-order valence-electron chi connectivity index (χ3n) is 2.28. The molecule has 2 aromatic rings. The Labute approximate surface area is 114 Å². The van der Waals surface area contributed by atoms with Gasteiger partial charge in [-0.15, -0.1) is 11.3 Å². The fraction of sp³-hybridized carbons (Fsp3) is 0.167. The molecule has 0 aliphatic carbocycles. The minimum Gasteiger partial charge on any atom is -0.375 e. The van der Waals surface area contributed by atoms with Gasteiger partial charge >= 0.3 is 0 Å². The zero-order chi connectivity index (χ0) is 13.0. The fourth-order valence-electron chi connectivity index (χ4n) is 1.36. The van der Waals surface area contributed by atoms with Crippen LogP contribution in [0.2, 0.25) is 5.02 Å². The molecule has 1 aromatic carbocycles. The number of amides is 1. The number of aromatic nitrogens is 1. The molecule has 0 aliphatic heterocycles. The molecule has 0 radical (unpaired) electrons. The van der Waals surface area contributed by atoms with Crippen LogP contribution < -0.4 is 10.1 Å². The van der Waals surface area contributed by atoms with Crippen LogP contribution in [0.15, 0.2) is 40.8 Å². The first-order valence-corrected chi connectivity index (χ1v) is 6.58. The van der Waals surface area contributed by atoms with Crippen molar-refractivity contribution in [3.05, 3.63) is 45.7 Å². The maximum atomic E-state index is 11.7. The highest BCUT2D eigenvalue weighted by atomic mass is 35.5. The number of aryl methyl sites for hydroxylation is 1. The Balaban J connectivity index is 2.02. The molecule has 2 rings (SSSR count). The van der Waals surface area contributed by atoms with Gasteiger partial charge in [0.2, 0.25) is 0 Å². The normalized spacial score (nSPS) is 11.6. The smallest absolute Gasteiger partial charge is 0.267 e. The van der Waals surface area contributed by atoms with Gasteiger partial charge in [-0.3, -0.25) is 4.79 Å². The Morgan fingerprint density at radius 2 is 2.28 bits per heavy atom. The van der Waals surface area contributed by atoms with E-state index < -0.39 is 0 Å². The highest BCUT2D eigenvalue weighted by Gasteiger charge is 2.02. The number of halogens is 1. The molecule has 4 nitrogen and oxygen atoms in total. The standard InChI is InChI=1S/C12H12ClN3OS/c1-16-6-7-18-12(16)15-11(17)8-14-10-5-3-2-4-9(10)13/h2-7,14H,8H2,1H3. The maximum absolute atomic E-state index is 11.7. The summed E-state index contributed by atoms with van der Waals surface area (Å²) in [5.41, 5.74) is 0.735. The summed E-state index contributed by atoms with van der Waals surface area (Å²) < 4.78 is 1.80. The van der Waals surface area contributed by atoms with Crippen molar-refractivity contribution in [2.45, 2.75) is 0 Å². The van der Waals surface area contributed by atoms with Crippen molar-refractivity contribution in [1.29, 1.82) is 0 Å². The quantitative estimate of drug-likeness (QED) is 0.938. The zero-order valence-corrected chi connectivity index (χ0v) is 11.3. The zero-order valence-electron chi connectivity index (χ0n) is 9.76. The van der Waals surface area contributed by atoms with Gasteiger partial charge in [-0.2, -0.15) is 4.99 Å². The summed E-state index contributed by atoms with van der Waals surface area (Å²) in [7, 11) is 1.85. The van der Waals surface area contributed by atoms with E-state index in [2.05, 4.69) is 10.3 Å². The molecule has 0 fully saturated rings. The lowest BCUT2D eigenvalue weighted by molar-refractivity contribution is -0.116. The molecule has 0 atom stereocenters. The maximum Gasteiger partial charge on any atom is 0.267 e. The van der Waals surface area contributed by atoms with Gasteiger partial charge in [0, 0.05) is 18.6 Å². The second-order valence-electron chi connectivity index (χ2n) is 3.64. The van der Waals surface area contributed by atoms with Crippen LogP contribution in [0.25, 0.3) is 0 Å². The summed E-state index contributed by atoms with van der Waals surface area (Å²) in [6.07, 6.45) is 1.86. The Morgan fingerprint density at radius 3 is 2.94 bits per heavy atom. The first-order valence-electron chi connectivity index (χ1n) is 5.33. The predicted molar refractivity (Wildman–Crippen MR) is 73.8 cm³/mol. The number of rotatable bonds is 3. The van der Waals surface area contributed by atoms with E-state index in [1.54, 1.807) is 10.6 Å². The molecule has 1 amide bonds. The first-order chi connectivity index (χ1) is 8.66. The minimum absolute atomic E-state index is 0.127. The van der Waals surface area contributed by atoms with Crippen LogP contribution in [0.5, 0.6) is 0 Å². The molecule has 0 aliphatic rings.